The molecule has 2 nitrogen and oxygen atoms in total. The second kappa shape index (κ2) is 2.63. The van der Waals surface area contributed by atoms with Crippen molar-refractivity contribution in [3.63, 3.8) is 0 Å². The first kappa shape index (κ1) is 6.28. The lowest BCUT2D eigenvalue weighted by Gasteiger charge is -2.13. The SMILES string of the molecule is [2H]C(C#N)C(=O)C(C)(C)C. The van der Waals surface area contributed by atoms with Crippen LogP contribution in [-0.2, 0) is 4.79 Å². The maximum Gasteiger partial charge on any atom is 0.152 e. The van der Waals surface area contributed by atoms with Crippen LogP contribution >= 0.6 is 0 Å². The number of carbonyl (C=O) groups excluding carboxylic acids is 1. The third kappa shape index (κ3) is 2.86. The highest BCUT2D eigenvalue weighted by molar-refractivity contribution is 5.85. The monoisotopic (exact) mass is 126 g/mol. The Kier molecular flexibility index (Phi) is 1.84. The minimum Gasteiger partial charge on any atom is -0.298 e. The van der Waals surface area contributed by atoms with Crippen LogP contribution in [0.2, 0.25) is 0 Å². The molecule has 0 N–H and O–H groups in total. The van der Waals surface area contributed by atoms with Gasteiger partial charge in [-0.2, -0.15) is 5.26 Å². The van der Waals surface area contributed by atoms with Crippen molar-refractivity contribution in [2.45, 2.75) is 27.2 Å². The quantitative estimate of drug-likeness (QED) is 0.534. The lowest BCUT2D eigenvalue weighted by atomic mass is 9.89. The zero-order valence-electron chi connectivity index (χ0n) is 6.93. The van der Waals surface area contributed by atoms with Crippen molar-refractivity contribution >= 4 is 5.78 Å². The van der Waals surface area contributed by atoms with Gasteiger partial charge in [0.1, 0.15) is 0 Å². The standard InChI is InChI=1S/C7H11NO/c1-7(2,3)6(9)4-5-8/h4H2,1-3H3/i4D. The number of hydrogen-bond donors (Lipinski definition) is 0. The first-order valence-electron chi connectivity index (χ1n) is 3.33. The molecule has 0 aliphatic heterocycles. The van der Waals surface area contributed by atoms with E-state index in [1.807, 2.05) is 0 Å². The molecule has 0 radical (unpaired) electrons. The fourth-order valence-electron chi connectivity index (χ4n) is 0.275. The van der Waals surface area contributed by atoms with Crippen LogP contribution < -0.4 is 0 Å². The Balaban J connectivity index is 4.27. The molecule has 0 amide bonds. The summed E-state index contributed by atoms with van der Waals surface area (Å²) >= 11 is 0. The Morgan fingerprint density at radius 1 is 1.78 bits per heavy atom. The number of rotatable bonds is 1. The van der Waals surface area contributed by atoms with E-state index in [0.717, 1.165) is 0 Å². The number of carbonyl (C=O) groups is 1. The van der Waals surface area contributed by atoms with Crippen LogP contribution in [0.1, 0.15) is 28.5 Å². The van der Waals surface area contributed by atoms with Crippen molar-refractivity contribution < 1.29 is 6.17 Å². The Hall–Kier alpha value is -0.840. The molecular formula is C7H11NO. The summed E-state index contributed by atoms with van der Waals surface area (Å²) in [7, 11) is 0. The molecule has 0 heterocycles. The Bertz CT molecular complexity index is 175. The number of hydrogen-bond acceptors (Lipinski definition) is 2. The van der Waals surface area contributed by atoms with Gasteiger partial charge in [-0.05, 0) is 0 Å². The molecule has 0 saturated heterocycles. The number of nitriles is 1. The molecule has 50 valence electrons. The number of nitrogens with zero attached hydrogens (tertiary/aromatic N) is 1. The van der Waals surface area contributed by atoms with Gasteiger partial charge in [-0.3, -0.25) is 4.79 Å². The number of ketones is 1. The Morgan fingerprint density at radius 2 is 2.22 bits per heavy atom. The van der Waals surface area contributed by atoms with E-state index in [-0.39, 0.29) is 5.78 Å². The van der Waals surface area contributed by atoms with Crippen molar-refractivity contribution in [1.29, 1.82) is 5.26 Å². The van der Waals surface area contributed by atoms with Crippen molar-refractivity contribution in [3.05, 3.63) is 0 Å². The topological polar surface area (TPSA) is 40.9 Å². The second-order valence-electron chi connectivity index (χ2n) is 2.89. The fraction of sp³-hybridized carbons (Fsp3) is 0.714. The van der Waals surface area contributed by atoms with Gasteiger partial charge in [0, 0.05) is 5.41 Å². The van der Waals surface area contributed by atoms with E-state index in [4.69, 9.17) is 6.63 Å². The molecule has 0 aromatic carbocycles. The van der Waals surface area contributed by atoms with E-state index in [1.54, 1.807) is 26.8 Å². The molecule has 0 rings (SSSR count). The van der Waals surface area contributed by atoms with Gasteiger partial charge in [-0.1, -0.05) is 20.8 Å². The summed E-state index contributed by atoms with van der Waals surface area (Å²) in [6, 6.07) is 1.59. The zero-order valence-corrected chi connectivity index (χ0v) is 5.93. The average Bonchev–Trinajstić information content (AvgIpc) is 1.83. The summed E-state index contributed by atoms with van der Waals surface area (Å²) < 4.78 is 6.97. The molecule has 0 fully saturated rings. The molecule has 0 aromatic heterocycles. The van der Waals surface area contributed by atoms with Gasteiger partial charge in [0.2, 0.25) is 0 Å². The normalized spacial score (nSPS) is 15.6. The third-order valence-electron chi connectivity index (χ3n) is 0.935. The highest BCUT2D eigenvalue weighted by Gasteiger charge is 2.19. The predicted octanol–water partition coefficient (Wildman–Crippen LogP) is 1.52. The molecule has 0 aliphatic carbocycles. The lowest BCUT2D eigenvalue weighted by molar-refractivity contribution is -0.125. The van der Waals surface area contributed by atoms with Gasteiger partial charge < -0.3 is 0 Å². The smallest absolute Gasteiger partial charge is 0.152 e. The van der Waals surface area contributed by atoms with Crippen LogP contribution in [0.5, 0.6) is 0 Å². The van der Waals surface area contributed by atoms with E-state index in [9.17, 15) is 4.79 Å². The van der Waals surface area contributed by atoms with Gasteiger partial charge in [0.05, 0.1) is 13.8 Å². The van der Waals surface area contributed by atoms with E-state index >= 15 is 0 Å². The van der Waals surface area contributed by atoms with Crippen LogP contribution in [0.3, 0.4) is 0 Å². The van der Waals surface area contributed by atoms with Crippen LogP contribution in [0.25, 0.3) is 0 Å². The van der Waals surface area contributed by atoms with Crippen molar-refractivity contribution in [2.24, 2.45) is 5.41 Å². The lowest BCUT2D eigenvalue weighted by Crippen LogP contribution is -2.18. The summed E-state index contributed by atoms with van der Waals surface area (Å²) in [5, 5.41) is 8.21. The van der Waals surface area contributed by atoms with Crippen LogP contribution in [0.4, 0.5) is 0 Å². The molecule has 0 aliphatic rings. The summed E-state index contributed by atoms with van der Waals surface area (Å²) in [5.41, 5.74) is -0.567. The van der Waals surface area contributed by atoms with Crippen LogP contribution in [-0.4, -0.2) is 5.78 Å². The third-order valence-corrected chi connectivity index (χ3v) is 0.935. The van der Waals surface area contributed by atoms with Gasteiger partial charge in [0.15, 0.2) is 5.78 Å². The van der Waals surface area contributed by atoms with E-state index < -0.39 is 11.8 Å². The molecule has 0 bridgehead atoms. The Morgan fingerprint density at radius 3 is 2.33 bits per heavy atom. The summed E-state index contributed by atoms with van der Waals surface area (Å²) in [6.07, 6.45) is -1.22. The highest BCUT2D eigenvalue weighted by Crippen LogP contribution is 2.15. The van der Waals surface area contributed by atoms with Gasteiger partial charge in [-0.15, -0.1) is 0 Å². The van der Waals surface area contributed by atoms with Gasteiger partial charge in [-0.25, -0.2) is 0 Å². The highest BCUT2D eigenvalue weighted by atomic mass is 16.1. The predicted molar refractivity (Wildman–Crippen MR) is 34.7 cm³/mol. The maximum atomic E-state index is 11.0. The molecule has 0 saturated carbocycles. The molecule has 0 spiro atoms. The largest absolute Gasteiger partial charge is 0.298 e. The van der Waals surface area contributed by atoms with E-state index in [1.165, 1.54) is 0 Å². The molecule has 1 atom stereocenters. The first-order chi connectivity index (χ1) is 4.39. The maximum absolute atomic E-state index is 11.0. The van der Waals surface area contributed by atoms with Gasteiger partial charge >= 0.3 is 0 Å². The van der Waals surface area contributed by atoms with Crippen LogP contribution in [0.15, 0.2) is 0 Å². The fourth-order valence-corrected chi connectivity index (χ4v) is 0.275. The second-order valence-corrected chi connectivity index (χ2v) is 2.89. The Labute approximate surface area is 56.9 Å². The van der Waals surface area contributed by atoms with Crippen molar-refractivity contribution in [1.82, 2.24) is 0 Å². The van der Waals surface area contributed by atoms with E-state index in [0.29, 0.717) is 0 Å². The summed E-state index contributed by atoms with van der Waals surface area (Å²) in [4.78, 5) is 11.0. The first-order valence-corrected chi connectivity index (χ1v) is 2.76. The minimum atomic E-state index is -1.22. The van der Waals surface area contributed by atoms with Crippen molar-refractivity contribution in [2.75, 3.05) is 0 Å². The number of Topliss-reactive ketones (excluding diaryl/α,β-unsaturated/α-hetero) is 1. The van der Waals surface area contributed by atoms with E-state index in [2.05, 4.69) is 0 Å². The zero-order chi connectivity index (χ0) is 8.36. The molecule has 0 aromatic rings. The molecule has 2 heteroatoms. The molecule has 1 unspecified atom stereocenters. The van der Waals surface area contributed by atoms with Gasteiger partial charge in [0.25, 0.3) is 0 Å². The molecular weight excluding hydrogens is 114 g/mol. The average molecular weight is 126 g/mol. The van der Waals surface area contributed by atoms with Crippen LogP contribution in [0, 0.1) is 16.7 Å². The summed E-state index contributed by atoms with van der Waals surface area (Å²) in [5.74, 6) is -0.324. The van der Waals surface area contributed by atoms with Crippen molar-refractivity contribution in [3.8, 4) is 6.07 Å². The molecule has 9 heavy (non-hydrogen) atoms. The minimum absolute atomic E-state index is 0.324. The summed E-state index contributed by atoms with van der Waals surface area (Å²) in [6.45, 7) is 5.11.